The second-order valence-corrected chi connectivity index (χ2v) is 2.67. The Hall–Kier alpha value is -1.71. The predicted octanol–water partition coefficient (Wildman–Crippen LogP) is 1.14. The van der Waals surface area contributed by atoms with Gasteiger partial charge in [0.1, 0.15) is 5.82 Å². The fraction of sp³-hybridized carbons (Fsp3) is 0.300. The van der Waals surface area contributed by atoms with Crippen molar-refractivity contribution < 1.29 is 9.53 Å². The number of nitrogens with zero attached hydrogens (tertiary/aromatic N) is 2. The fourth-order valence-corrected chi connectivity index (χ4v) is 0.917. The average Bonchev–Trinajstić information content (AvgIpc) is 2.19. The van der Waals surface area contributed by atoms with E-state index in [2.05, 4.69) is 16.5 Å². The molecule has 0 aliphatic heterocycles. The monoisotopic (exact) mass is 192 g/mol. The number of hydrogen-bond acceptors (Lipinski definition) is 4. The Kier molecular flexibility index (Phi) is 3.79. The molecule has 0 fully saturated rings. The summed E-state index contributed by atoms with van der Waals surface area (Å²) in [6, 6.07) is 1.72. The van der Waals surface area contributed by atoms with Crippen molar-refractivity contribution in [3.8, 4) is 0 Å². The molecule has 0 aliphatic rings. The lowest BCUT2D eigenvalue weighted by Gasteiger charge is -2.03. The number of carbonyl (C=O) groups is 1. The standard InChI is InChI=1S/C10H12N2O2/c1-3-14-10(13)8(2)7-9-11-5-4-6-12-9/h4-6H,2-3,7H2,1H3. The van der Waals surface area contributed by atoms with Crippen LogP contribution in [0.4, 0.5) is 0 Å². The summed E-state index contributed by atoms with van der Waals surface area (Å²) in [5.41, 5.74) is 0.373. The van der Waals surface area contributed by atoms with Crippen molar-refractivity contribution in [1.29, 1.82) is 0 Å². The van der Waals surface area contributed by atoms with Crippen molar-refractivity contribution in [3.05, 3.63) is 36.4 Å². The average molecular weight is 192 g/mol. The van der Waals surface area contributed by atoms with Gasteiger partial charge in [0.05, 0.1) is 6.61 Å². The Labute approximate surface area is 82.6 Å². The predicted molar refractivity (Wildman–Crippen MR) is 51.5 cm³/mol. The number of hydrogen-bond donors (Lipinski definition) is 0. The molecule has 0 atom stereocenters. The van der Waals surface area contributed by atoms with Gasteiger partial charge in [-0.2, -0.15) is 0 Å². The first kappa shape index (κ1) is 10.4. The molecule has 0 saturated heterocycles. The summed E-state index contributed by atoms with van der Waals surface area (Å²) in [6.07, 6.45) is 3.58. The van der Waals surface area contributed by atoms with Gasteiger partial charge in [-0.15, -0.1) is 0 Å². The Morgan fingerprint density at radius 2 is 2.14 bits per heavy atom. The highest BCUT2D eigenvalue weighted by atomic mass is 16.5. The molecule has 0 spiro atoms. The zero-order valence-corrected chi connectivity index (χ0v) is 8.06. The zero-order valence-electron chi connectivity index (χ0n) is 8.06. The Morgan fingerprint density at radius 1 is 1.50 bits per heavy atom. The van der Waals surface area contributed by atoms with Crippen LogP contribution in [0, 0.1) is 0 Å². The highest BCUT2D eigenvalue weighted by molar-refractivity contribution is 5.87. The first-order valence-corrected chi connectivity index (χ1v) is 4.34. The van der Waals surface area contributed by atoms with Crippen molar-refractivity contribution in [2.75, 3.05) is 6.61 Å². The van der Waals surface area contributed by atoms with E-state index in [0.717, 1.165) is 0 Å². The molecule has 1 rings (SSSR count). The number of ether oxygens (including phenoxy) is 1. The number of carbonyl (C=O) groups excluding carboxylic acids is 1. The molecule has 0 unspecified atom stereocenters. The van der Waals surface area contributed by atoms with E-state index in [1.807, 2.05) is 0 Å². The van der Waals surface area contributed by atoms with Gasteiger partial charge in [-0.3, -0.25) is 0 Å². The summed E-state index contributed by atoms with van der Waals surface area (Å²) in [4.78, 5) is 19.1. The highest BCUT2D eigenvalue weighted by Gasteiger charge is 2.09. The molecule has 1 aromatic heterocycles. The molecule has 0 bridgehead atoms. The molecule has 74 valence electrons. The summed E-state index contributed by atoms with van der Waals surface area (Å²) in [5, 5.41) is 0. The molecule has 0 aliphatic carbocycles. The maximum Gasteiger partial charge on any atom is 0.333 e. The summed E-state index contributed by atoms with van der Waals surface area (Å²) < 4.78 is 4.78. The van der Waals surface area contributed by atoms with Crippen LogP contribution in [-0.4, -0.2) is 22.5 Å². The van der Waals surface area contributed by atoms with Gasteiger partial charge in [-0.05, 0) is 13.0 Å². The van der Waals surface area contributed by atoms with E-state index >= 15 is 0 Å². The van der Waals surface area contributed by atoms with Gasteiger partial charge in [-0.1, -0.05) is 6.58 Å². The largest absolute Gasteiger partial charge is 0.463 e. The van der Waals surface area contributed by atoms with Crippen molar-refractivity contribution in [2.45, 2.75) is 13.3 Å². The lowest BCUT2D eigenvalue weighted by Crippen LogP contribution is -2.10. The summed E-state index contributed by atoms with van der Waals surface area (Å²) in [6.45, 7) is 5.72. The summed E-state index contributed by atoms with van der Waals surface area (Å²) in [7, 11) is 0. The molecule has 0 radical (unpaired) electrons. The first-order valence-electron chi connectivity index (χ1n) is 4.34. The third kappa shape index (κ3) is 2.97. The SMILES string of the molecule is C=C(Cc1ncccn1)C(=O)OCC. The molecule has 0 aromatic carbocycles. The second kappa shape index (κ2) is 5.11. The van der Waals surface area contributed by atoms with Gasteiger partial charge in [0.2, 0.25) is 0 Å². The van der Waals surface area contributed by atoms with E-state index in [0.29, 0.717) is 24.4 Å². The Bertz CT molecular complexity index is 322. The van der Waals surface area contributed by atoms with Crippen molar-refractivity contribution >= 4 is 5.97 Å². The number of esters is 1. The van der Waals surface area contributed by atoms with E-state index in [9.17, 15) is 4.79 Å². The lowest BCUT2D eigenvalue weighted by molar-refractivity contribution is -0.138. The number of aromatic nitrogens is 2. The maximum atomic E-state index is 11.2. The topological polar surface area (TPSA) is 52.1 Å². The van der Waals surface area contributed by atoms with Gasteiger partial charge >= 0.3 is 5.97 Å². The van der Waals surface area contributed by atoms with Gasteiger partial charge < -0.3 is 4.74 Å². The van der Waals surface area contributed by atoms with Crippen LogP contribution in [0.25, 0.3) is 0 Å². The summed E-state index contributed by atoms with van der Waals surface area (Å²) >= 11 is 0. The molecular weight excluding hydrogens is 180 g/mol. The zero-order chi connectivity index (χ0) is 10.4. The molecule has 1 heterocycles. The fourth-order valence-electron chi connectivity index (χ4n) is 0.917. The highest BCUT2D eigenvalue weighted by Crippen LogP contribution is 2.02. The smallest absolute Gasteiger partial charge is 0.333 e. The third-order valence-electron chi connectivity index (χ3n) is 1.55. The first-order chi connectivity index (χ1) is 6.74. The van der Waals surface area contributed by atoms with Crippen molar-refractivity contribution in [3.63, 3.8) is 0 Å². The quantitative estimate of drug-likeness (QED) is 0.530. The van der Waals surface area contributed by atoms with Crippen molar-refractivity contribution in [2.24, 2.45) is 0 Å². The van der Waals surface area contributed by atoms with Crippen LogP contribution in [0.3, 0.4) is 0 Å². The molecule has 4 nitrogen and oxygen atoms in total. The van der Waals surface area contributed by atoms with E-state index in [1.54, 1.807) is 25.4 Å². The van der Waals surface area contributed by atoms with Crippen LogP contribution in [0.1, 0.15) is 12.7 Å². The number of rotatable bonds is 4. The van der Waals surface area contributed by atoms with E-state index < -0.39 is 0 Å². The van der Waals surface area contributed by atoms with Crippen LogP contribution in [-0.2, 0) is 16.0 Å². The molecule has 0 saturated carbocycles. The molecule has 1 aromatic rings. The minimum atomic E-state index is -0.389. The minimum absolute atomic E-state index is 0.333. The Balaban J connectivity index is 2.53. The molecule has 14 heavy (non-hydrogen) atoms. The van der Waals surface area contributed by atoms with E-state index in [4.69, 9.17) is 4.74 Å². The van der Waals surface area contributed by atoms with Crippen LogP contribution < -0.4 is 0 Å². The van der Waals surface area contributed by atoms with Gasteiger partial charge in [0.15, 0.2) is 0 Å². The maximum absolute atomic E-state index is 11.2. The molecule has 0 N–H and O–H groups in total. The van der Waals surface area contributed by atoms with Crippen LogP contribution in [0.5, 0.6) is 0 Å². The van der Waals surface area contributed by atoms with E-state index in [-0.39, 0.29) is 5.97 Å². The molecule has 4 heteroatoms. The van der Waals surface area contributed by atoms with E-state index in [1.165, 1.54) is 0 Å². The van der Waals surface area contributed by atoms with Crippen molar-refractivity contribution in [1.82, 2.24) is 9.97 Å². The third-order valence-corrected chi connectivity index (χ3v) is 1.55. The molecular formula is C10H12N2O2. The minimum Gasteiger partial charge on any atom is -0.463 e. The molecule has 0 amide bonds. The van der Waals surface area contributed by atoms with Crippen LogP contribution >= 0.6 is 0 Å². The van der Waals surface area contributed by atoms with Gasteiger partial charge in [0.25, 0.3) is 0 Å². The lowest BCUT2D eigenvalue weighted by atomic mass is 10.2. The second-order valence-electron chi connectivity index (χ2n) is 2.67. The van der Waals surface area contributed by atoms with Gasteiger partial charge in [-0.25, -0.2) is 14.8 Å². The van der Waals surface area contributed by atoms with Gasteiger partial charge in [0, 0.05) is 24.4 Å². The van der Waals surface area contributed by atoms with Crippen LogP contribution in [0.15, 0.2) is 30.6 Å². The Morgan fingerprint density at radius 3 is 2.71 bits per heavy atom. The van der Waals surface area contributed by atoms with Crippen LogP contribution in [0.2, 0.25) is 0 Å². The normalized spacial score (nSPS) is 9.50. The summed E-state index contributed by atoms with van der Waals surface area (Å²) in [5.74, 6) is 0.186.